The first-order valence-electron chi connectivity index (χ1n) is 9.33. The molecule has 168 valence electrons. The average molecular weight is 525 g/mol. The number of hydrogen-bond donors (Lipinski definition) is 2. The molecule has 0 saturated carbocycles. The van der Waals surface area contributed by atoms with Crippen molar-refractivity contribution in [3.63, 3.8) is 0 Å². The van der Waals surface area contributed by atoms with E-state index in [9.17, 15) is 9.59 Å². The van der Waals surface area contributed by atoms with Gasteiger partial charge in [0.2, 0.25) is 5.91 Å². The van der Waals surface area contributed by atoms with Crippen molar-refractivity contribution in [3.8, 4) is 0 Å². The van der Waals surface area contributed by atoms with Crippen molar-refractivity contribution in [2.45, 2.75) is 45.4 Å². The molecule has 1 fully saturated rings. The number of aliphatic imine (C=N–C) groups is 1. The van der Waals surface area contributed by atoms with Crippen LogP contribution >= 0.6 is 24.0 Å². The van der Waals surface area contributed by atoms with Gasteiger partial charge in [-0.3, -0.25) is 4.79 Å². The van der Waals surface area contributed by atoms with E-state index in [1.807, 2.05) is 27.7 Å². The molecule has 2 atom stereocenters. The average Bonchev–Trinajstić information content (AvgIpc) is 2.98. The molecule has 1 rings (SSSR count). The zero-order valence-corrected chi connectivity index (χ0v) is 20.9. The molecule has 0 aromatic heterocycles. The van der Waals surface area contributed by atoms with Crippen molar-refractivity contribution >= 4 is 41.9 Å². The first-order valence-corrected chi connectivity index (χ1v) is 9.33. The number of nitrogens with zero attached hydrogens (tertiary/aromatic N) is 3. The number of guanidine groups is 1. The smallest absolute Gasteiger partial charge is 0.410 e. The number of methoxy groups -OCH3 is 1. The van der Waals surface area contributed by atoms with E-state index in [2.05, 4.69) is 22.2 Å². The Kier molecular flexibility index (Phi) is 11.6. The van der Waals surface area contributed by atoms with Gasteiger partial charge in [-0.15, -0.1) is 24.0 Å². The van der Waals surface area contributed by atoms with E-state index in [1.165, 1.54) is 4.90 Å². The third-order valence-corrected chi connectivity index (χ3v) is 3.97. The Balaban J connectivity index is 0.00000784. The molecule has 0 aromatic carbocycles. The Labute approximate surface area is 191 Å². The molecule has 1 aliphatic heterocycles. The van der Waals surface area contributed by atoms with E-state index in [0.717, 1.165) is 5.57 Å². The lowest BCUT2D eigenvalue weighted by Gasteiger charge is -2.24. The summed E-state index contributed by atoms with van der Waals surface area (Å²) in [6.45, 7) is 12.6. The van der Waals surface area contributed by atoms with E-state index >= 15 is 0 Å². The maximum Gasteiger partial charge on any atom is 0.410 e. The molecule has 0 radical (unpaired) electrons. The van der Waals surface area contributed by atoms with Crippen LogP contribution in [0.4, 0.5) is 4.79 Å². The Morgan fingerprint density at radius 1 is 1.28 bits per heavy atom. The predicted octanol–water partition coefficient (Wildman–Crippen LogP) is 1.44. The van der Waals surface area contributed by atoms with Gasteiger partial charge in [-0.2, -0.15) is 0 Å². The summed E-state index contributed by atoms with van der Waals surface area (Å²) in [7, 11) is 4.97. The van der Waals surface area contributed by atoms with Gasteiger partial charge in [-0.1, -0.05) is 12.2 Å². The summed E-state index contributed by atoms with van der Waals surface area (Å²) in [5, 5.41) is 6.41. The quantitative estimate of drug-likeness (QED) is 0.236. The van der Waals surface area contributed by atoms with Crippen molar-refractivity contribution in [2.75, 3.05) is 47.4 Å². The fraction of sp³-hybridized carbons (Fsp3) is 0.737. The highest BCUT2D eigenvalue weighted by atomic mass is 127. The van der Waals surface area contributed by atoms with Crippen LogP contribution < -0.4 is 10.6 Å². The van der Waals surface area contributed by atoms with Crippen molar-refractivity contribution in [1.29, 1.82) is 0 Å². The van der Waals surface area contributed by atoms with Crippen LogP contribution in [0, 0.1) is 0 Å². The second-order valence-corrected chi connectivity index (χ2v) is 8.17. The standard InChI is InChI=1S/C19H35N5O4.HI/c1-13(2)9-20-17(21-10-16(25)23(6)7)22-14-11-24(12-15(14)27-8)18(26)28-19(3,4)5;/h14-15H,1,9-12H2,2-8H3,(H2,20,21,22);1H/t14?,15-;/m0./s1. The first kappa shape index (κ1) is 27.4. The van der Waals surface area contributed by atoms with Crippen LogP contribution in [0.1, 0.15) is 27.7 Å². The van der Waals surface area contributed by atoms with Crippen LogP contribution in [0.15, 0.2) is 17.1 Å². The van der Waals surface area contributed by atoms with Crippen LogP contribution in [0.5, 0.6) is 0 Å². The minimum Gasteiger partial charge on any atom is -0.444 e. The summed E-state index contributed by atoms with van der Waals surface area (Å²) in [5.74, 6) is 0.359. The van der Waals surface area contributed by atoms with Crippen LogP contribution in [0.3, 0.4) is 0 Å². The number of halogens is 1. The molecule has 0 spiro atoms. The number of likely N-dealkylation sites (N-methyl/N-ethyl adjacent to an activating group) is 1. The van der Waals surface area contributed by atoms with Gasteiger partial charge in [-0.05, 0) is 27.7 Å². The number of nitrogens with one attached hydrogen (secondary N) is 2. The highest BCUT2D eigenvalue weighted by Crippen LogP contribution is 2.17. The summed E-state index contributed by atoms with van der Waals surface area (Å²) in [6, 6.07) is -0.191. The minimum absolute atomic E-state index is 0. The summed E-state index contributed by atoms with van der Waals surface area (Å²) >= 11 is 0. The maximum absolute atomic E-state index is 12.4. The third-order valence-electron chi connectivity index (χ3n) is 3.97. The monoisotopic (exact) mass is 525 g/mol. The molecular formula is C19H36IN5O4. The molecule has 1 saturated heterocycles. The highest BCUT2D eigenvalue weighted by molar-refractivity contribution is 14.0. The van der Waals surface area contributed by atoms with E-state index in [-0.39, 0.29) is 54.7 Å². The van der Waals surface area contributed by atoms with Gasteiger partial charge in [0, 0.05) is 34.3 Å². The lowest BCUT2D eigenvalue weighted by molar-refractivity contribution is -0.127. The number of carbonyl (C=O) groups is 2. The summed E-state index contributed by atoms with van der Waals surface area (Å²) in [6.07, 6.45) is -0.607. The number of ether oxygens (including phenoxy) is 2. The van der Waals surface area contributed by atoms with Gasteiger partial charge in [0.15, 0.2) is 5.96 Å². The Bertz CT molecular complexity index is 604. The number of carbonyl (C=O) groups excluding carboxylic acids is 2. The van der Waals surface area contributed by atoms with Gasteiger partial charge in [-0.25, -0.2) is 9.79 Å². The molecule has 0 bridgehead atoms. The van der Waals surface area contributed by atoms with Gasteiger partial charge in [0.1, 0.15) is 12.1 Å². The Hall–Kier alpha value is -1.56. The van der Waals surface area contributed by atoms with Gasteiger partial charge in [0.05, 0.1) is 18.7 Å². The van der Waals surface area contributed by atoms with Gasteiger partial charge >= 0.3 is 6.09 Å². The first-order chi connectivity index (χ1) is 12.9. The lowest BCUT2D eigenvalue weighted by Crippen LogP contribution is -2.49. The van der Waals surface area contributed by atoms with Gasteiger partial charge < -0.3 is 29.9 Å². The highest BCUT2D eigenvalue weighted by Gasteiger charge is 2.37. The molecule has 0 aromatic rings. The fourth-order valence-electron chi connectivity index (χ4n) is 2.48. The van der Waals surface area contributed by atoms with Crippen LogP contribution in [-0.4, -0.2) is 92.9 Å². The minimum atomic E-state index is -0.562. The summed E-state index contributed by atoms with van der Waals surface area (Å²) in [4.78, 5) is 31.7. The summed E-state index contributed by atoms with van der Waals surface area (Å²) in [5.41, 5.74) is 0.367. The SMILES string of the molecule is C=C(C)CNC(=NCC(=O)N(C)C)NC1CN(C(=O)OC(C)(C)C)C[C@@H]1OC.I. The molecule has 0 aliphatic carbocycles. The van der Waals surface area contributed by atoms with Crippen molar-refractivity contribution in [1.82, 2.24) is 20.4 Å². The van der Waals surface area contributed by atoms with Crippen LogP contribution in [-0.2, 0) is 14.3 Å². The van der Waals surface area contributed by atoms with Crippen LogP contribution in [0.25, 0.3) is 0 Å². The molecule has 1 unspecified atom stereocenters. The molecule has 29 heavy (non-hydrogen) atoms. The van der Waals surface area contributed by atoms with E-state index in [0.29, 0.717) is 25.6 Å². The van der Waals surface area contributed by atoms with E-state index in [1.54, 1.807) is 26.1 Å². The van der Waals surface area contributed by atoms with Crippen molar-refractivity contribution in [2.24, 2.45) is 4.99 Å². The second-order valence-electron chi connectivity index (χ2n) is 8.17. The molecular weight excluding hydrogens is 489 g/mol. The number of rotatable bonds is 6. The number of amides is 2. The van der Waals surface area contributed by atoms with Crippen LogP contribution in [0.2, 0.25) is 0 Å². The second kappa shape index (κ2) is 12.2. The molecule has 2 amide bonds. The molecule has 2 N–H and O–H groups in total. The summed E-state index contributed by atoms with van der Waals surface area (Å²) < 4.78 is 11.0. The molecule has 1 aliphatic rings. The van der Waals surface area contributed by atoms with E-state index < -0.39 is 5.60 Å². The maximum atomic E-state index is 12.4. The predicted molar refractivity (Wildman–Crippen MR) is 125 cm³/mol. The Morgan fingerprint density at radius 3 is 2.38 bits per heavy atom. The number of likely N-dealkylation sites (tertiary alicyclic amines) is 1. The van der Waals surface area contributed by atoms with Crippen molar-refractivity contribution in [3.05, 3.63) is 12.2 Å². The normalized spacial score (nSPS) is 19.3. The lowest BCUT2D eigenvalue weighted by atomic mass is 10.2. The zero-order valence-electron chi connectivity index (χ0n) is 18.6. The topological polar surface area (TPSA) is 95.5 Å². The third kappa shape index (κ3) is 10.2. The molecule has 9 nitrogen and oxygen atoms in total. The van der Waals surface area contributed by atoms with E-state index in [4.69, 9.17) is 9.47 Å². The fourth-order valence-corrected chi connectivity index (χ4v) is 2.48. The molecule has 10 heteroatoms. The van der Waals surface area contributed by atoms with Crippen molar-refractivity contribution < 1.29 is 19.1 Å². The number of hydrogen-bond acceptors (Lipinski definition) is 5. The molecule has 1 heterocycles. The van der Waals surface area contributed by atoms with Gasteiger partial charge in [0.25, 0.3) is 0 Å². The Morgan fingerprint density at radius 2 is 1.90 bits per heavy atom. The zero-order chi connectivity index (χ0) is 21.5. The largest absolute Gasteiger partial charge is 0.444 e.